The van der Waals surface area contributed by atoms with Crippen LogP contribution in [0.1, 0.15) is 6.42 Å². The smallest absolute Gasteiger partial charge is 0.0935 e. The molecule has 12 heavy (non-hydrogen) atoms. The highest BCUT2D eigenvalue weighted by molar-refractivity contribution is 7.89. The summed E-state index contributed by atoms with van der Waals surface area (Å²) in [5, 5.41) is -0.0625. The normalized spacial score (nSPS) is 14.9. The minimum absolute atomic E-state index is 0.0625. The molecule has 0 amide bonds. The van der Waals surface area contributed by atoms with E-state index in [1.54, 1.807) is 12.3 Å². The Labute approximate surface area is 82.1 Å². The fourth-order valence-corrected chi connectivity index (χ4v) is 2.22. The average molecular weight is 205 g/mol. The van der Waals surface area contributed by atoms with Crippen LogP contribution in [-0.4, -0.2) is 39.7 Å². The predicted molar refractivity (Wildman–Crippen MR) is 59.0 cm³/mol. The Kier molecular flexibility index (Phi) is 5.33. The number of hydrogen-bond acceptors (Lipinski definition) is 2. The van der Waals surface area contributed by atoms with Crippen LogP contribution < -0.4 is 0 Å². The Hall–Kier alpha value is -0.220. The monoisotopic (exact) mass is 205 g/mol. The second-order valence-electron chi connectivity index (χ2n) is 2.74. The summed E-state index contributed by atoms with van der Waals surface area (Å²) in [5.74, 6) is 0. The van der Waals surface area contributed by atoms with Gasteiger partial charge in [-0.05, 0) is 6.42 Å². The van der Waals surface area contributed by atoms with Gasteiger partial charge in [0.15, 0.2) is 0 Å². The highest BCUT2D eigenvalue weighted by atomic mass is 32.2. The van der Waals surface area contributed by atoms with Crippen molar-refractivity contribution in [2.45, 2.75) is 11.7 Å². The Morgan fingerprint density at radius 2 is 2.25 bits per heavy atom. The van der Waals surface area contributed by atoms with Gasteiger partial charge in [0.1, 0.15) is 0 Å². The molecule has 0 fully saturated rings. The molecule has 0 radical (unpaired) electrons. The molecule has 0 aromatic heterocycles. The number of thiocarbonyl (C=S) groups is 1. The van der Waals surface area contributed by atoms with Gasteiger partial charge >= 0.3 is 0 Å². The van der Waals surface area contributed by atoms with Crippen LogP contribution in [-0.2, 0) is 10.8 Å². The lowest BCUT2D eigenvalue weighted by atomic mass is 10.3. The Balaban J connectivity index is 4.39. The largest absolute Gasteiger partial charge is 0.371 e. The van der Waals surface area contributed by atoms with Gasteiger partial charge < -0.3 is 4.90 Å². The van der Waals surface area contributed by atoms with Gasteiger partial charge in [-0.2, -0.15) is 0 Å². The summed E-state index contributed by atoms with van der Waals surface area (Å²) < 4.78 is 11.2. The van der Waals surface area contributed by atoms with E-state index in [1.165, 1.54) is 0 Å². The van der Waals surface area contributed by atoms with E-state index in [0.717, 1.165) is 4.99 Å². The van der Waals surface area contributed by atoms with Crippen LogP contribution in [0.3, 0.4) is 0 Å². The van der Waals surface area contributed by atoms with E-state index in [4.69, 9.17) is 12.2 Å². The first-order chi connectivity index (χ1) is 5.50. The summed E-state index contributed by atoms with van der Waals surface area (Å²) in [5.41, 5.74) is 0. The first kappa shape index (κ1) is 11.8. The molecule has 0 heterocycles. The van der Waals surface area contributed by atoms with Gasteiger partial charge in [0.2, 0.25) is 0 Å². The van der Waals surface area contributed by atoms with Crippen LogP contribution in [0, 0.1) is 0 Å². The van der Waals surface area contributed by atoms with Crippen molar-refractivity contribution in [3.05, 3.63) is 12.7 Å². The molecule has 70 valence electrons. The molecule has 0 aliphatic heterocycles. The molecule has 0 N–H and O–H groups in total. The van der Waals surface area contributed by atoms with Crippen LogP contribution >= 0.6 is 12.2 Å². The number of rotatable bonds is 4. The van der Waals surface area contributed by atoms with Crippen molar-refractivity contribution in [2.75, 3.05) is 20.4 Å². The second kappa shape index (κ2) is 5.43. The van der Waals surface area contributed by atoms with Crippen molar-refractivity contribution in [3.8, 4) is 0 Å². The van der Waals surface area contributed by atoms with Crippen molar-refractivity contribution in [2.24, 2.45) is 0 Å². The lowest BCUT2D eigenvalue weighted by Crippen LogP contribution is -2.34. The zero-order chi connectivity index (χ0) is 9.72. The summed E-state index contributed by atoms with van der Waals surface area (Å²) in [4.78, 5) is 2.56. The molecule has 0 saturated heterocycles. The third-order valence-electron chi connectivity index (χ3n) is 1.50. The topological polar surface area (TPSA) is 20.3 Å². The molecule has 2 nitrogen and oxygen atoms in total. The molecule has 0 aromatic rings. The molecule has 2 atom stereocenters. The molecule has 0 aromatic carbocycles. The molecule has 0 bridgehead atoms. The molecule has 1 unspecified atom stereocenters. The molecular formula is C8H15NOS2. The van der Waals surface area contributed by atoms with Crippen molar-refractivity contribution in [1.29, 1.82) is 0 Å². The third kappa shape index (κ3) is 3.45. The Morgan fingerprint density at radius 1 is 1.75 bits per heavy atom. The number of nitrogens with zero attached hydrogens (tertiary/aromatic N) is 1. The van der Waals surface area contributed by atoms with Gasteiger partial charge in [0.25, 0.3) is 0 Å². The van der Waals surface area contributed by atoms with Gasteiger partial charge in [0, 0.05) is 31.2 Å². The van der Waals surface area contributed by atoms with E-state index in [-0.39, 0.29) is 5.25 Å². The summed E-state index contributed by atoms with van der Waals surface area (Å²) in [7, 11) is 2.82. The maximum absolute atomic E-state index is 11.2. The lowest BCUT2D eigenvalue weighted by Gasteiger charge is -2.20. The quantitative estimate of drug-likeness (QED) is 0.508. The van der Waals surface area contributed by atoms with Gasteiger partial charge in [-0.15, -0.1) is 6.58 Å². The third-order valence-corrected chi connectivity index (χ3v) is 3.51. The number of allylic oxidation sites excluding steroid dienone is 1. The van der Waals surface area contributed by atoms with Crippen molar-refractivity contribution in [3.63, 3.8) is 0 Å². The van der Waals surface area contributed by atoms with Gasteiger partial charge in [-0.1, -0.05) is 18.3 Å². The highest BCUT2D eigenvalue weighted by Crippen LogP contribution is 2.06. The van der Waals surface area contributed by atoms with Crippen molar-refractivity contribution >= 4 is 28.0 Å². The maximum Gasteiger partial charge on any atom is 0.0935 e. The minimum atomic E-state index is -0.908. The Morgan fingerprint density at radius 3 is 2.50 bits per heavy atom. The summed E-state index contributed by atoms with van der Waals surface area (Å²) >= 11 is 5.13. The van der Waals surface area contributed by atoms with Gasteiger partial charge in [-0.3, -0.25) is 4.21 Å². The van der Waals surface area contributed by atoms with Crippen molar-refractivity contribution < 1.29 is 4.21 Å². The fourth-order valence-electron chi connectivity index (χ4n) is 0.818. The highest BCUT2D eigenvalue weighted by Gasteiger charge is 2.17. The molecule has 0 saturated carbocycles. The van der Waals surface area contributed by atoms with Crippen LogP contribution in [0.4, 0.5) is 0 Å². The summed E-state index contributed by atoms with van der Waals surface area (Å²) in [6.07, 6.45) is 4.10. The SMILES string of the molecule is C=CC[C@@H](C(=S)N(C)C)S(C)=O. The maximum atomic E-state index is 11.2. The molecule has 0 aliphatic rings. The fraction of sp³-hybridized carbons (Fsp3) is 0.625. The van der Waals surface area contributed by atoms with E-state index in [1.807, 2.05) is 19.0 Å². The second-order valence-corrected chi connectivity index (χ2v) is 4.73. The summed E-state index contributed by atoms with van der Waals surface area (Å²) in [6, 6.07) is 0. The van der Waals surface area contributed by atoms with Crippen LogP contribution in [0.15, 0.2) is 12.7 Å². The van der Waals surface area contributed by atoms with E-state index in [2.05, 4.69) is 6.58 Å². The van der Waals surface area contributed by atoms with Crippen LogP contribution in [0.5, 0.6) is 0 Å². The molecule has 0 aliphatic carbocycles. The van der Waals surface area contributed by atoms with Crippen molar-refractivity contribution in [1.82, 2.24) is 4.90 Å². The minimum Gasteiger partial charge on any atom is -0.371 e. The van der Waals surface area contributed by atoms with E-state index < -0.39 is 10.8 Å². The zero-order valence-electron chi connectivity index (χ0n) is 7.74. The zero-order valence-corrected chi connectivity index (χ0v) is 9.37. The van der Waals surface area contributed by atoms with Gasteiger partial charge in [0.05, 0.1) is 10.2 Å². The first-order valence-corrected chi connectivity index (χ1v) is 5.68. The molecule has 0 spiro atoms. The lowest BCUT2D eigenvalue weighted by molar-refractivity contribution is 0.615. The van der Waals surface area contributed by atoms with Gasteiger partial charge in [-0.25, -0.2) is 0 Å². The van der Waals surface area contributed by atoms with E-state index in [0.29, 0.717) is 6.42 Å². The van der Waals surface area contributed by atoms with Crippen LogP contribution in [0.25, 0.3) is 0 Å². The Bertz CT molecular complexity index is 201. The van der Waals surface area contributed by atoms with Crippen LogP contribution in [0.2, 0.25) is 0 Å². The summed E-state index contributed by atoms with van der Waals surface area (Å²) in [6.45, 7) is 3.61. The molecule has 0 rings (SSSR count). The average Bonchev–Trinajstić information content (AvgIpc) is 1.98. The standard InChI is InChI=1S/C8H15NOS2/c1-5-6-7(12(4)10)8(11)9(2)3/h5,7H,1,6H2,2-4H3/t7-,12?/m0/s1. The number of hydrogen-bond donors (Lipinski definition) is 0. The predicted octanol–water partition coefficient (Wildman–Crippen LogP) is 1.20. The molecule has 4 heteroatoms. The van der Waals surface area contributed by atoms with E-state index >= 15 is 0 Å². The first-order valence-electron chi connectivity index (χ1n) is 3.65. The van der Waals surface area contributed by atoms with E-state index in [9.17, 15) is 4.21 Å². The molecular weight excluding hydrogens is 190 g/mol.